The van der Waals surface area contributed by atoms with Gasteiger partial charge in [0.2, 0.25) is 5.79 Å². The van der Waals surface area contributed by atoms with Gasteiger partial charge in [-0.05, 0) is 54.8 Å². The van der Waals surface area contributed by atoms with Crippen LogP contribution in [0.4, 0.5) is 4.39 Å². The lowest BCUT2D eigenvalue weighted by atomic mass is 9.86. The highest BCUT2D eigenvalue weighted by Crippen LogP contribution is 2.46. The summed E-state index contributed by atoms with van der Waals surface area (Å²) in [5.74, 6) is -1.26. The number of halogens is 1. The Bertz CT molecular complexity index is 886. The Kier molecular flexibility index (Phi) is 5.35. The lowest BCUT2D eigenvalue weighted by Crippen LogP contribution is -2.62. The Balaban J connectivity index is 1.67. The molecule has 2 aromatic rings. The van der Waals surface area contributed by atoms with E-state index in [1.165, 1.54) is 6.07 Å². The topological polar surface area (TPSA) is 88.4 Å². The van der Waals surface area contributed by atoms with E-state index in [0.717, 1.165) is 11.3 Å². The number of benzene rings is 2. The van der Waals surface area contributed by atoms with Crippen molar-refractivity contribution in [3.8, 4) is 5.75 Å². The van der Waals surface area contributed by atoms with Crippen LogP contribution >= 0.6 is 0 Å². The van der Waals surface area contributed by atoms with Crippen LogP contribution in [0.25, 0.3) is 0 Å². The fourth-order valence-corrected chi connectivity index (χ4v) is 4.04. The molecule has 0 amide bonds. The first-order valence-corrected chi connectivity index (χ1v) is 9.75. The van der Waals surface area contributed by atoms with E-state index in [-0.39, 0.29) is 12.4 Å². The monoisotopic (exact) mass is 404 g/mol. The SMILES string of the molecule is CCOc1ccc(Cc2cc3c(cc2F)CO[C@]32O[C@H](C)[C@@H](O)[C@H](O)[C@H]2O)cc1. The third-order valence-electron chi connectivity index (χ3n) is 5.62. The van der Waals surface area contributed by atoms with Crippen molar-refractivity contribution in [3.05, 3.63) is 64.5 Å². The van der Waals surface area contributed by atoms with Crippen LogP contribution in [0.15, 0.2) is 36.4 Å². The van der Waals surface area contributed by atoms with Crippen LogP contribution in [0.2, 0.25) is 0 Å². The average molecular weight is 404 g/mol. The van der Waals surface area contributed by atoms with Gasteiger partial charge in [0, 0.05) is 12.0 Å². The zero-order valence-electron chi connectivity index (χ0n) is 16.3. The Morgan fingerprint density at radius 1 is 1.14 bits per heavy atom. The van der Waals surface area contributed by atoms with Gasteiger partial charge in [0.15, 0.2) is 0 Å². The molecule has 6 nitrogen and oxygen atoms in total. The lowest BCUT2D eigenvalue weighted by molar-refractivity contribution is -0.362. The summed E-state index contributed by atoms with van der Waals surface area (Å²) >= 11 is 0. The van der Waals surface area contributed by atoms with Crippen molar-refractivity contribution in [2.45, 2.75) is 57.1 Å². The number of rotatable bonds is 4. The molecule has 2 aliphatic rings. The Morgan fingerprint density at radius 3 is 2.55 bits per heavy atom. The van der Waals surface area contributed by atoms with Crippen LogP contribution in [0.1, 0.15) is 36.1 Å². The quantitative estimate of drug-likeness (QED) is 0.723. The van der Waals surface area contributed by atoms with Gasteiger partial charge in [0.05, 0.1) is 19.3 Å². The van der Waals surface area contributed by atoms with Crippen LogP contribution in [0.3, 0.4) is 0 Å². The molecule has 1 spiro atoms. The number of fused-ring (bicyclic) bond motifs is 2. The van der Waals surface area contributed by atoms with E-state index in [0.29, 0.717) is 29.7 Å². The maximum absolute atomic E-state index is 14.7. The van der Waals surface area contributed by atoms with Crippen LogP contribution in [0.5, 0.6) is 5.75 Å². The summed E-state index contributed by atoms with van der Waals surface area (Å²) in [6, 6.07) is 10.4. The second-order valence-electron chi connectivity index (χ2n) is 7.56. The minimum Gasteiger partial charge on any atom is -0.494 e. The molecular formula is C22H25FO6. The van der Waals surface area contributed by atoms with Crippen LogP contribution < -0.4 is 4.74 Å². The van der Waals surface area contributed by atoms with Gasteiger partial charge >= 0.3 is 0 Å². The summed E-state index contributed by atoms with van der Waals surface area (Å²) in [6.07, 6.45) is -4.62. The molecule has 1 fully saturated rings. The highest BCUT2D eigenvalue weighted by Gasteiger charge is 2.57. The summed E-state index contributed by atoms with van der Waals surface area (Å²) in [4.78, 5) is 0. The molecule has 2 heterocycles. The van der Waals surface area contributed by atoms with E-state index in [2.05, 4.69) is 0 Å². The van der Waals surface area contributed by atoms with Crippen molar-refractivity contribution >= 4 is 0 Å². The van der Waals surface area contributed by atoms with Crippen molar-refractivity contribution in [2.24, 2.45) is 0 Å². The van der Waals surface area contributed by atoms with Gasteiger partial charge in [-0.2, -0.15) is 0 Å². The summed E-state index contributed by atoms with van der Waals surface area (Å²) in [5, 5.41) is 30.9. The second-order valence-corrected chi connectivity index (χ2v) is 7.56. The molecule has 1 saturated heterocycles. The number of aliphatic hydroxyl groups excluding tert-OH is 3. The molecule has 156 valence electrons. The fourth-order valence-electron chi connectivity index (χ4n) is 4.04. The van der Waals surface area contributed by atoms with Gasteiger partial charge in [-0.3, -0.25) is 0 Å². The van der Waals surface area contributed by atoms with Crippen molar-refractivity contribution in [1.82, 2.24) is 0 Å². The normalized spacial score (nSPS) is 31.1. The van der Waals surface area contributed by atoms with E-state index in [4.69, 9.17) is 14.2 Å². The first-order valence-electron chi connectivity index (χ1n) is 9.75. The van der Waals surface area contributed by atoms with E-state index >= 15 is 0 Å². The van der Waals surface area contributed by atoms with Crippen LogP contribution in [-0.4, -0.2) is 46.3 Å². The number of aliphatic hydroxyl groups is 3. The van der Waals surface area contributed by atoms with Gasteiger partial charge in [-0.15, -0.1) is 0 Å². The molecule has 2 aliphatic heterocycles. The first kappa shape index (κ1) is 20.3. The third kappa shape index (κ3) is 3.43. The third-order valence-corrected chi connectivity index (χ3v) is 5.62. The van der Waals surface area contributed by atoms with Gasteiger partial charge in [0.25, 0.3) is 0 Å². The zero-order chi connectivity index (χ0) is 20.8. The van der Waals surface area contributed by atoms with Gasteiger partial charge in [0.1, 0.15) is 29.9 Å². The second kappa shape index (κ2) is 7.66. The number of hydrogen-bond acceptors (Lipinski definition) is 6. The minimum absolute atomic E-state index is 0.0438. The van der Waals surface area contributed by atoms with Gasteiger partial charge in [-0.1, -0.05) is 12.1 Å². The van der Waals surface area contributed by atoms with E-state index in [1.807, 2.05) is 31.2 Å². The Morgan fingerprint density at radius 2 is 1.86 bits per heavy atom. The molecule has 3 N–H and O–H groups in total. The predicted molar refractivity (Wildman–Crippen MR) is 102 cm³/mol. The highest BCUT2D eigenvalue weighted by atomic mass is 19.1. The molecule has 0 aromatic heterocycles. The van der Waals surface area contributed by atoms with Crippen molar-refractivity contribution < 1.29 is 33.9 Å². The summed E-state index contributed by atoms with van der Waals surface area (Å²) < 4.78 is 31.7. The van der Waals surface area contributed by atoms with E-state index < -0.39 is 30.2 Å². The van der Waals surface area contributed by atoms with E-state index in [1.54, 1.807) is 13.0 Å². The smallest absolute Gasteiger partial charge is 0.225 e. The first-order chi connectivity index (χ1) is 13.9. The Labute approximate surface area is 168 Å². The number of hydrogen-bond donors (Lipinski definition) is 3. The molecule has 0 unspecified atom stereocenters. The van der Waals surface area contributed by atoms with Crippen molar-refractivity contribution in [3.63, 3.8) is 0 Å². The summed E-state index contributed by atoms with van der Waals surface area (Å²) in [7, 11) is 0. The largest absolute Gasteiger partial charge is 0.494 e. The molecule has 7 heteroatoms. The van der Waals surface area contributed by atoms with Crippen molar-refractivity contribution in [1.29, 1.82) is 0 Å². The molecule has 29 heavy (non-hydrogen) atoms. The summed E-state index contributed by atoms with van der Waals surface area (Å²) in [6.45, 7) is 4.11. The van der Waals surface area contributed by atoms with E-state index in [9.17, 15) is 19.7 Å². The minimum atomic E-state index is -1.63. The van der Waals surface area contributed by atoms with Crippen molar-refractivity contribution in [2.75, 3.05) is 6.61 Å². The zero-order valence-corrected chi connectivity index (χ0v) is 16.3. The fraction of sp³-hybridized carbons (Fsp3) is 0.455. The number of ether oxygens (including phenoxy) is 3. The molecule has 0 radical (unpaired) electrons. The van der Waals surface area contributed by atoms with Gasteiger partial charge in [-0.25, -0.2) is 4.39 Å². The van der Waals surface area contributed by atoms with Crippen LogP contribution in [0, 0.1) is 5.82 Å². The Hall–Kier alpha value is -2.03. The lowest BCUT2D eigenvalue weighted by Gasteiger charge is -2.45. The standard InChI is InChI=1S/C22H25FO6/c1-3-27-16-6-4-13(5-7-16)8-14-9-17-15(10-18(14)23)11-28-22(17)21(26)20(25)19(24)12(2)29-22/h4-7,9-10,12,19-21,24-26H,3,8,11H2,1-2H3/t12-,19-,20+,21-,22+/m1/s1. The summed E-state index contributed by atoms with van der Waals surface area (Å²) in [5.41, 5.74) is 2.34. The van der Waals surface area contributed by atoms with Crippen LogP contribution in [-0.2, 0) is 28.3 Å². The molecular weight excluding hydrogens is 379 g/mol. The van der Waals surface area contributed by atoms with Gasteiger partial charge < -0.3 is 29.5 Å². The molecule has 0 aliphatic carbocycles. The maximum atomic E-state index is 14.7. The molecule has 2 aromatic carbocycles. The molecule has 0 bridgehead atoms. The predicted octanol–water partition coefficient (Wildman–Crippen LogP) is 2.00. The highest BCUT2D eigenvalue weighted by molar-refractivity contribution is 5.42. The molecule has 0 saturated carbocycles. The molecule has 4 rings (SSSR count). The average Bonchev–Trinajstić information content (AvgIpc) is 3.05. The maximum Gasteiger partial charge on any atom is 0.225 e. The molecule has 5 atom stereocenters.